The third kappa shape index (κ3) is 5.78. The molecule has 0 atom stereocenters. The van der Waals surface area contributed by atoms with Gasteiger partial charge in [0.2, 0.25) is 5.91 Å². The molecule has 0 saturated carbocycles. The number of piperidine rings is 1. The Kier molecular flexibility index (Phi) is 7.89. The fourth-order valence-corrected chi connectivity index (χ4v) is 5.78. The predicted octanol–water partition coefficient (Wildman–Crippen LogP) is 6.20. The monoisotopic (exact) mass is 575 g/mol. The number of nitrogens with zero attached hydrogens (tertiary/aromatic N) is 2. The molecule has 5 rings (SSSR count). The lowest BCUT2D eigenvalue weighted by Crippen LogP contribution is -2.48. The van der Waals surface area contributed by atoms with E-state index in [1.54, 1.807) is 23.0 Å². The zero-order valence-electron chi connectivity index (χ0n) is 21.4. The molecule has 0 spiro atoms. The molecular weight excluding hydrogens is 547 g/mol. The van der Waals surface area contributed by atoms with Crippen LogP contribution in [0, 0.1) is 11.6 Å². The molecule has 0 radical (unpaired) electrons. The summed E-state index contributed by atoms with van der Waals surface area (Å²) >= 11 is 12.4. The maximum absolute atomic E-state index is 14.4. The minimum atomic E-state index is -1.07. The Balaban J connectivity index is 1.30. The van der Waals surface area contributed by atoms with Gasteiger partial charge in [-0.15, -0.1) is 0 Å². The van der Waals surface area contributed by atoms with Crippen LogP contribution in [0.2, 0.25) is 10.0 Å². The normalized spacial score (nSPS) is 16.7. The molecule has 0 unspecified atom stereocenters. The Bertz CT molecular complexity index is 1360. The maximum atomic E-state index is 14.4. The van der Waals surface area contributed by atoms with Gasteiger partial charge in [0.15, 0.2) is 11.6 Å². The summed E-state index contributed by atoms with van der Waals surface area (Å²) in [5.41, 5.74) is 2.14. The second-order valence-corrected chi connectivity index (χ2v) is 10.9. The summed E-state index contributed by atoms with van der Waals surface area (Å²) in [6.07, 6.45) is 1.51. The molecule has 0 bridgehead atoms. The van der Waals surface area contributed by atoms with Gasteiger partial charge in [0, 0.05) is 42.3 Å². The molecule has 1 amide bonds. The Hall–Kier alpha value is -3.07. The Morgan fingerprint density at radius 2 is 1.67 bits per heavy atom. The zero-order chi connectivity index (χ0) is 27.7. The van der Waals surface area contributed by atoms with Gasteiger partial charge < -0.3 is 25.0 Å². The quantitative estimate of drug-likeness (QED) is 0.351. The SMILES string of the molecule is COc1ccc(CN2C(=O)CCc3c(NCC4(O)CCN(c5c(F)cc(Cl)cc5F)CC4)ccc(Cl)c32)cc1. The highest BCUT2D eigenvalue weighted by Gasteiger charge is 2.35. The third-order valence-corrected chi connectivity index (χ3v) is 8.02. The van der Waals surface area contributed by atoms with Gasteiger partial charge in [-0.3, -0.25) is 4.79 Å². The highest BCUT2D eigenvalue weighted by atomic mass is 35.5. The highest BCUT2D eigenvalue weighted by molar-refractivity contribution is 6.34. The Morgan fingerprint density at radius 1 is 1.00 bits per heavy atom. The van der Waals surface area contributed by atoms with Crippen molar-refractivity contribution in [3.05, 3.63) is 81.3 Å². The average molecular weight is 576 g/mol. The van der Waals surface area contributed by atoms with Gasteiger partial charge in [0.1, 0.15) is 11.4 Å². The molecule has 2 aliphatic rings. The minimum absolute atomic E-state index is 0.00188. The van der Waals surface area contributed by atoms with Crippen LogP contribution >= 0.6 is 23.2 Å². The second kappa shape index (κ2) is 11.2. The first kappa shape index (κ1) is 27.5. The van der Waals surface area contributed by atoms with E-state index in [-0.39, 0.29) is 36.3 Å². The van der Waals surface area contributed by atoms with Crippen molar-refractivity contribution in [2.45, 2.75) is 37.8 Å². The molecule has 2 heterocycles. The van der Waals surface area contributed by atoms with E-state index >= 15 is 0 Å². The van der Waals surface area contributed by atoms with Crippen LogP contribution in [0.1, 0.15) is 30.4 Å². The number of fused-ring (bicyclic) bond motifs is 1. The van der Waals surface area contributed by atoms with Gasteiger partial charge in [-0.25, -0.2) is 8.78 Å². The summed E-state index contributed by atoms with van der Waals surface area (Å²) in [7, 11) is 1.60. The average Bonchev–Trinajstić information content (AvgIpc) is 2.91. The lowest BCUT2D eigenvalue weighted by Gasteiger charge is -2.40. The van der Waals surface area contributed by atoms with Crippen LogP contribution < -0.4 is 19.9 Å². The van der Waals surface area contributed by atoms with Crippen LogP contribution in [-0.4, -0.2) is 43.4 Å². The molecule has 39 heavy (non-hydrogen) atoms. The number of methoxy groups -OCH3 is 1. The fraction of sp³-hybridized carbons (Fsp3) is 0.345. The molecule has 206 valence electrons. The van der Waals surface area contributed by atoms with Crippen molar-refractivity contribution >= 4 is 46.2 Å². The number of amides is 1. The van der Waals surface area contributed by atoms with Crippen LogP contribution in [-0.2, 0) is 17.8 Å². The second-order valence-electron chi connectivity index (χ2n) is 10.0. The van der Waals surface area contributed by atoms with E-state index in [1.165, 1.54) is 0 Å². The topological polar surface area (TPSA) is 65.0 Å². The van der Waals surface area contributed by atoms with E-state index in [9.17, 15) is 18.7 Å². The third-order valence-electron chi connectivity index (χ3n) is 7.49. The molecule has 10 heteroatoms. The summed E-state index contributed by atoms with van der Waals surface area (Å²) in [6.45, 7) is 1.19. The van der Waals surface area contributed by atoms with Crippen LogP contribution in [0.3, 0.4) is 0 Å². The van der Waals surface area contributed by atoms with Crippen LogP contribution in [0.25, 0.3) is 0 Å². The molecule has 2 aliphatic heterocycles. The lowest BCUT2D eigenvalue weighted by atomic mass is 9.90. The summed E-state index contributed by atoms with van der Waals surface area (Å²) < 4.78 is 34.0. The number of anilines is 3. The zero-order valence-corrected chi connectivity index (χ0v) is 23.0. The van der Waals surface area contributed by atoms with Crippen LogP contribution in [0.4, 0.5) is 25.8 Å². The minimum Gasteiger partial charge on any atom is -0.497 e. The van der Waals surface area contributed by atoms with Crippen molar-refractivity contribution in [1.82, 2.24) is 0 Å². The first-order valence-electron chi connectivity index (χ1n) is 12.8. The van der Waals surface area contributed by atoms with E-state index in [4.69, 9.17) is 27.9 Å². The fourth-order valence-electron chi connectivity index (χ4n) is 5.31. The molecule has 6 nitrogen and oxygen atoms in total. The number of hydrogen-bond acceptors (Lipinski definition) is 5. The number of carbonyl (C=O) groups excluding carboxylic acids is 1. The summed E-state index contributed by atoms with van der Waals surface area (Å²) in [5, 5.41) is 15.1. The van der Waals surface area contributed by atoms with Gasteiger partial charge in [0.05, 0.1) is 30.0 Å². The molecule has 2 N–H and O–H groups in total. The van der Waals surface area contributed by atoms with Crippen molar-refractivity contribution < 1.29 is 23.4 Å². The number of nitrogens with one attached hydrogen (secondary N) is 1. The maximum Gasteiger partial charge on any atom is 0.227 e. The van der Waals surface area contributed by atoms with Crippen molar-refractivity contribution in [2.75, 3.05) is 41.9 Å². The van der Waals surface area contributed by atoms with Gasteiger partial charge in [-0.05, 0) is 61.2 Å². The Labute approximate surface area is 236 Å². The standard InChI is InChI=1S/C29H29Cl2F2N3O3/c1-39-20-4-2-18(3-5-20)16-36-26(37)9-6-21-25(8-7-22(31)27(21)36)34-17-29(38)10-12-35(13-11-29)28-23(32)14-19(30)15-24(28)33/h2-5,7-8,14-15,34,38H,6,9-13,16-17H2,1H3. The van der Waals surface area contributed by atoms with Gasteiger partial charge in [0.25, 0.3) is 0 Å². The van der Waals surface area contributed by atoms with Gasteiger partial charge >= 0.3 is 0 Å². The highest BCUT2D eigenvalue weighted by Crippen LogP contribution is 2.41. The van der Waals surface area contributed by atoms with Gasteiger partial charge in [-0.1, -0.05) is 35.3 Å². The molecule has 3 aromatic rings. The van der Waals surface area contributed by atoms with Gasteiger partial charge in [-0.2, -0.15) is 0 Å². The number of ether oxygens (including phenoxy) is 1. The first-order valence-corrected chi connectivity index (χ1v) is 13.5. The number of benzene rings is 3. The van der Waals surface area contributed by atoms with E-state index in [0.29, 0.717) is 42.9 Å². The summed E-state index contributed by atoms with van der Waals surface area (Å²) in [6, 6.07) is 13.3. The lowest BCUT2D eigenvalue weighted by molar-refractivity contribution is -0.119. The Morgan fingerprint density at radius 3 is 2.31 bits per heavy atom. The summed E-state index contributed by atoms with van der Waals surface area (Å²) in [4.78, 5) is 16.2. The molecule has 3 aromatic carbocycles. The smallest absolute Gasteiger partial charge is 0.227 e. The molecule has 0 aromatic heterocycles. The van der Waals surface area contributed by atoms with E-state index < -0.39 is 17.2 Å². The van der Waals surface area contributed by atoms with Crippen molar-refractivity contribution in [3.63, 3.8) is 0 Å². The van der Waals surface area contributed by atoms with Crippen LogP contribution in [0.5, 0.6) is 5.75 Å². The predicted molar refractivity (Wildman–Crippen MR) is 150 cm³/mol. The van der Waals surface area contributed by atoms with Crippen molar-refractivity contribution in [1.29, 1.82) is 0 Å². The number of carbonyl (C=O) groups is 1. The number of hydrogen-bond donors (Lipinski definition) is 2. The molecule has 1 fully saturated rings. The molecule has 0 aliphatic carbocycles. The molecule has 1 saturated heterocycles. The van der Waals surface area contributed by atoms with Crippen molar-refractivity contribution in [2.24, 2.45) is 0 Å². The van der Waals surface area contributed by atoms with E-state index in [0.717, 1.165) is 34.7 Å². The molecular formula is C29H29Cl2F2N3O3. The van der Waals surface area contributed by atoms with Crippen molar-refractivity contribution in [3.8, 4) is 5.75 Å². The number of halogens is 4. The summed E-state index contributed by atoms with van der Waals surface area (Å²) in [5.74, 6) is -0.707. The van der Waals surface area contributed by atoms with E-state index in [1.807, 2.05) is 30.3 Å². The van der Waals surface area contributed by atoms with Crippen LogP contribution in [0.15, 0.2) is 48.5 Å². The van der Waals surface area contributed by atoms with E-state index in [2.05, 4.69) is 5.32 Å². The first-order chi connectivity index (χ1) is 18.7. The number of rotatable bonds is 7. The number of aliphatic hydroxyl groups is 1. The largest absolute Gasteiger partial charge is 0.497 e.